The molecule has 6 nitrogen and oxygen atoms in total. The van der Waals surface area contributed by atoms with Crippen molar-refractivity contribution in [3.63, 3.8) is 0 Å². The van der Waals surface area contributed by atoms with Gasteiger partial charge >= 0.3 is 11.9 Å². The van der Waals surface area contributed by atoms with E-state index in [9.17, 15) is 14.7 Å². The number of hydrogen-bond acceptors (Lipinski definition) is 4. The predicted molar refractivity (Wildman–Crippen MR) is 68.0 cm³/mol. The van der Waals surface area contributed by atoms with Crippen molar-refractivity contribution in [2.45, 2.75) is 52.2 Å². The molecule has 0 fully saturated rings. The van der Waals surface area contributed by atoms with E-state index in [1.807, 2.05) is 13.8 Å². The van der Waals surface area contributed by atoms with Crippen molar-refractivity contribution in [1.82, 2.24) is 5.32 Å². The minimum atomic E-state index is -1.72. The molecule has 4 atom stereocenters. The highest BCUT2D eigenvalue weighted by molar-refractivity contribution is 5.81. The van der Waals surface area contributed by atoms with Gasteiger partial charge in [-0.3, -0.25) is 10.1 Å². The highest BCUT2D eigenvalue weighted by Gasteiger charge is 2.43. The van der Waals surface area contributed by atoms with Crippen molar-refractivity contribution in [3.8, 4) is 0 Å². The van der Waals surface area contributed by atoms with E-state index in [1.54, 1.807) is 13.8 Å². The number of nitrogens with two attached hydrogens (primary N) is 1. The topological polar surface area (TPSA) is 113 Å². The second-order valence-electron chi connectivity index (χ2n) is 4.83. The van der Waals surface area contributed by atoms with Crippen molar-refractivity contribution in [2.75, 3.05) is 0 Å². The highest BCUT2D eigenvalue weighted by atomic mass is 16.4. The van der Waals surface area contributed by atoms with Crippen molar-refractivity contribution in [1.29, 1.82) is 0 Å². The maximum atomic E-state index is 11.3. The van der Waals surface area contributed by atoms with Crippen LogP contribution in [0.25, 0.3) is 0 Å². The van der Waals surface area contributed by atoms with E-state index >= 15 is 0 Å². The molecular formula is C12H24N2O4. The summed E-state index contributed by atoms with van der Waals surface area (Å²) < 4.78 is 0. The van der Waals surface area contributed by atoms with E-state index in [4.69, 9.17) is 10.8 Å². The van der Waals surface area contributed by atoms with Gasteiger partial charge in [0.2, 0.25) is 0 Å². The Morgan fingerprint density at radius 2 is 1.72 bits per heavy atom. The molecule has 0 saturated heterocycles. The SMILES string of the molecule is CC[C@H](C)[C@H](N[C@@](N)(C(=O)O)[C@@H](C)CC)C(=O)O. The van der Waals surface area contributed by atoms with Crippen LogP contribution >= 0.6 is 0 Å². The molecule has 0 aliphatic heterocycles. The second kappa shape index (κ2) is 6.70. The summed E-state index contributed by atoms with van der Waals surface area (Å²) in [6, 6.07) is -0.968. The summed E-state index contributed by atoms with van der Waals surface area (Å²) in [6.07, 6.45) is 1.17. The molecular weight excluding hydrogens is 236 g/mol. The Kier molecular flexibility index (Phi) is 6.28. The number of hydrogen-bond donors (Lipinski definition) is 4. The van der Waals surface area contributed by atoms with Crippen LogP contribution in [-0.4, -0.2) is 33.9 Å². The molecule has 0 aromatic rings. The van der Waals surface area contributed by atoms with Gasteiger partial charge in [-0.25, -0.2) is 4.79 Å². The van der Waals surface area contributed by atoms with Crippen LogP contribution in [-0.2, 0) is 9.59 Å². The maximum Gasteiger partial charge on any atom is 0.339 e. The van der Waals surface area contributed by atoms with Crippen LogP contribution in [0.15, 0.2) is 0 Å². The molecule has 0 bridgehead atoms. The monoisotopic (exact) mass is 260 g/mol. The Balaban J connectivity index is 5.17. The van der Waals surface area contributed by atoms with Crippen LogP contribution in [0.1, 0.15) is 40.5 Å². The average molecular weight is 260 g/mol. The first-order valence-electron chi connectivity index (χ1n) is 6.23. The van der Waals surface area contributed by atoms with Crippen molar-refractivity contribution in [2.24, 2.45) is 17.6 Å². The van der Waals surface area contributed by atoms with Gasteiger partial charge in [0, 0.05) is 0 Å². The molecule has 6 heteroatoms. The first kappa shape index (κ1) is 16.9. The summed E-state index contributed by atoms with van der Waals surface area (Å²) in [7, 11) is 0. The molecule has 0 aliphatic rings. The van der Waals surface area contributed by atoms with Crippen LogP contribution in [0.2, 0.25) is 0 Å². The van der Waals surface area contributed by atoms with E-state index in [-0.39, 0.29) is 11.8 Å². The summed E-state index contributed by atoms with van der Waals surface area (Å²) in [4.78, 5) is 22.5. The molecule has 0 aliphatic carbocycles. The van der Waals surface area contributed by atoms with Crippen LogP contribution in [0, 0.1) is 11.8 Å². The van der Waals surface area contributed by atoms with Gasteiger partial charge in [-0.15, -0.1) is 0 Å². The third-order valence-electron chi connectivity index (χ3n) is 3.62. The Morgan fingerprint density at radius 3 is 2.00 bits per heavy atom. The molecule has 0 amide bonds. The number of carboxylic acids is 2. The van der Waals surface area contributed by atoms with Gasteiger partial charge in [-0.2, -0.15) is 0 Å². The maximum absolute atomic E-state index is 11.3. The second-order valence-corrected chi connectivity index (χ2v) is 4.83. The molecule has 5 N–H and O–H groups in total. The molecule has 0 rings (SSSR count). The van der Waals surface area contributed by atoms with Gasteiger partial charge in [0.15, 0.2) is 5.66 Å². The third-order valence-corrected chi connectivity index (χ3v) is 3.62. The summed E-state index contributed by atoms with van der Waals surface area (Å²) in [5.74, 6) is -2.88. The number of aliphatic carboxylic acids is 2. The minimum Gasteiger partial charge on any atom is -0.480 e. The summed E-state index contributed by atoms with van der Waals surface area (Å²) in [6.45, 7) is 7.11. The lowest BCUT2D eigenvalue weighted by Crippen LogP contribution is -2.68. The fourth-order valence-corrected chi connectivity index (χ4v) is 1.68. The third kappa shape index (κ3) is 3.68. The van der Waals surface area contributed by atoms with E-state index < -0.39 is 23.6 Å². The van der Waals surface area contributed by atoms with Gasteiger partial charge in [-0.05, 0) is 18.3 Å². The standard InChI is InChI=1S/C12H24N2O4/c1-5-7(3)9(10(15)16)14-12(13,11(17)18)8(4)6-2/h7-9,14H,5-6,13H2,1-4H3,(H,15,16)(H,17,18)/t7-,8-,9-,12+/m0/s1. The van der Waals surface area contributed by atoms with E-state index in [0.29, 0.717) is 12.8 Å². The molecule has 0 radical (unpaired) electrons. The number of rotatable bonds is 8. The zero-order valence-corrected chi connectivity index (χ0v) is 11.4. The predicted octanol–water partition coefficient (Wildman–Crippen LogP) is 0.861. The summed E-state index contributed by atoms with van der Waals surface area (Å²) in [5, 5.41) is 21.0. The molecule has 0 spiro atoms. The molecule has 0 heterocycles. The molecule has 0 unspecified atom stereocenters. The largest absolute Gasteiger partial charge is 0.480 e. The lowest BCUT2D eigenvalue weighted by molar-refractivity contribution is -0.150. The molecule has 18 heavy (non-hydrogen) atoms. The Bertz CT molecular complexity index is 308. The minimum absolute atomic E-state index is 0.200. The van der Waals surface area contributed by atoms with Crippen molar-refractivity contribution < 1.29 is 19.8 Å². The van der Waals surface area contributed by atoms with Crippen LogP contribution in [0.4, 0.5) is 0 Å². The van der Waals surface area contributed by atoms with Crippen LogP contribution in [0.5, 0.6) is 0 Å². The lowest BCUT2D eigenvalue weighted by atomic mass is 9.89. The lowest BCUT2D eigenvalue weighted by Gasteiger charge is -2.36. The van der Waals surface area contributed by atoms with Gasteiger partial charge < -0.3 is 15.9 Å². The van der Waals surface area contributed by atoms with E-state index in [1.165, 1.54) is 0 Å². The van der Waals surface area contributed by atoms with Crippen molar-refractivity contribution in [3.05, 3.63) is 0 Å². The number of carbonyl (C=O) groups is 2. The molecule has 0 aromatic heterocycles. The summed E-state index contributed by atoms with van der Waals surface area (Å²) >= 11 is 0. The van der Waals surface area contributed by atoms with Gasteiger partial charge in [0.25, 0.3) is 0 Å². The van der Waals surface area contributed by atoms with Crippen LogP contribution < -0.4 is 11.1 Å². The first-order chi connectivity index (χ1) is 8.20. The van der Waals surface area contributed by atoms with E-state index in [2.05, 4.69) is 5.32 Å². The smallest absolute Gasteiger partial charge is 0.339 e. The fourth-order valence-electron chi connectivity index (χ4n) is 1.68. The zero-order valence-electron chi connectivity index (χ0n) is 11.4. The summed E-state index contributed by atoms with van der Waals surface area (Å²) in [5.41, 5.74) is 4.13. The van der Waals surface area contributed by atoms with Gasteiger partial charge in [-0.1, -0.05) is 34.1 Å². The number of carboxylic acid groups (broad SMARTS) is 2. The van der Waals surface area contributed by atoms with Crippen LogP contribution in [0.3, 0.4) is 0 Å². The normalized spacial score (nSPS) is 19.6. The van der Waals surface area contributed by atoms with E-state index in [0.717, 1.165) is 0 Å². The first-order valence-corrected chi connectivity index (χ1v) is 6.23. The number of nitrogens with one attached hydrogen (secondary N) is 1. The average Bonchev–Trinajstić information content (AvgIpc) is 2.32. The Morgan fingerprint density at radius 1 is 1.22 bits per heavy atom. The quantitative estimate of drug-likeness (QED) is 0.481. The zero-order chi connectivity index (χ0) is 14.5. The molecule has 0 aromatic carbocycles. The molecule has 106 valence electrons. The Hall–Kier alpha value is -1.14. The van der Waals surface area contributed by atoms with Gasteiger partial charge in [0.1, 0.15) is 6.04 Å². The highest BCUT2D eigenvalue weighted by Crippen LogP contribution is 2.19. The molecule has 0 saturated carbocycles. The van der Waals surface area contributed by atoms with Gasteiger partial charge in [0.05, 0.1) is 0 Å². The van der Waals surface area contributed by atoms with Crippen molar-refractivity contribution >= 4 is 11.9 Å². The Labute approximate surface area is 108 Å². The fraction of sp³-hybridized carbons (Fsp3) is 0.833.